The van der Waals surface area contributed by atoms with Gasteiger partial charge in [0, 0.05) is 27.2 Å². The quantitative estimate of drug-likeness (QED) is 0.234. The second kappa shape index (κ2) is 7.28. The van der Waals surface area contributed by atoms with Crippen LogP contribution in [0.2, 0.25) is 0 Å². The number of nitrogens with zero attached hydrogens (tertiary/aromatic N) is 2. The molecule has 0 bridgehead atoms. The number of pyridine rings is 1. The Bertz CT molecular complexity index is 1830. The summed E-state index contributed by atoms with van der Waals surface area (Å²) in [5.41, 5.74) is 7.53. The zero-order valence-corrected chi connectivity index (χ0v) is 19.9. The van der Waals surface area contributed by atoms with Crippen LogP contribution in [-0.2, 0) is 7.05 Å². The van der Waals surface area contributed by atoms with Crippen LogP contribution in [-0.4, -0.2) is 4.57 Å². The number of aromatic nitrogens is 2. The van der Waals surface area contributed by atoms with E-state index in [-0.39, 0.29) is 0 Å². The monoisotopic (exact) mass is 455 g/mol. The summed E-state index contributed by atoms with van der Waals surface area (Å²) in [5.74, 6) is 0. The van der Waals surface area contributed by atoms with Crippen molar-refractivity contribution in [3.05, 3.63) is 108 Å². The highest BCUT2D eigenvalue weighted by atomic mass is 32.1. The first-order chi connectivity index (χ1) is 16.7. The molecule has 0 fully saturated rings. The largest absolute Gasteiger partial charge is 0.309 e. The minimum atomic E-state index is 1.19. The Morgan fingerprint density at radius 3 is 2.21 bits per heavy atom. The van der Waals surface area contributed by atoms with Crippen molar-refractivity contribution < 1.29 is 4.57 Å². The van der Waals surface area contributed by atoms with E-state index in [9.17, 15) is 0 Å². The SMILES string of the molecule is Cc1cc2sccc2cc1-c1c2ccc(-n3c4ccccc4c4ccccc43)cc2cc[n+]1C. The van der Waals surface area contributed by atoms with Crippen LogP contribution < -0.4 is 4.57 Å². The van der Waals surface area contributed by atoms with Gasteiger partial charge in [0.05, 0.1) is 22.0 Å². The van der Waals surface area contributed by atoms with Gasteiger partial charge in [0.15, 0.2) is 6.20 Å². The van der Waals surface area contributed by atoms with Crippen molar-refractivity contribution in [3.8, 4) is 16.9 Å². The van der Waals surface area contributed by atoms with Crippen molar-refractivity contribution in [2.24, 2.45) is 7.05 Å². The molecule has 0 saturated heterocycles. The molecule has 7 aromatic rings. The predicted octanol–water partition coefficient (Wildman–Crippen LogP) is 7.95. The Balaban J connectivity index is 1.50. The second-order valence-corrected chi connectivity index (χ2v) is 9.99. The van der Waals surface area contributed by atoms with Crippen LogP contribution in [0.5, 0.6) is 0 Å². The lowest BCUT2D eigenvalue weighted by Crippen LogP contribution is -2.30. The summed E-state index contributed by atoms with van der Waals surface area (Å²) in [5, 5.41) is 8.58. The molecule has 0 aliphatic carbocycles. The maximum absolute atomic E-state index is 2.39. The van der Waals surface area contributed by atoms with Crippen LogP contribution in [0.3, 0.4) is 0 Å². The minimum absolute atomic E-state index is 1.19. The molecule has 0 spiro atoms. The molecule has 162 valence electrons. The van der Waals surface area contributed by atoms with Gasteiger partial charge in [0.1, 0.15) is 7.05 Å². The van der Waals surface area contributed by atoms with E-state index in [1.165, 1.54) is 65.2 Å². The number of para-hydroxylation sites is 2. The van der Waals surface area contributed by atoms with E-state index < -0.39 is 0 Å². The highest BCUT2D eigenvalue weighted by Crippen LogP contribution is 2.36. The molecule has 4 aromatic carbocycles. The van der Waals surface area contributed by atoms with Gasteiger partial charge < -0.3 is 4.57 Å². The van der Waals surface area contributed by atoms with Gasteiger partial charge >= 0.3 is 0 Å². The van der Waals surface area contributed by atoms with E-state index in [0.29, 0.717) is 0 Å². The van der Waals surface area contributed by atoms with Gasteiger partial charge in [-0.05, 0) is 77.2 Å². The summed E-state index contributed by atoms with van der Waals surface area (Å²) in [6.07, 6.45) is 2.19. The van der Waals surface area contributed by atoms with Crippen molar-refractivity contribution in [3.63, 3.8) is 0 Å². The zero-order chi connectivity index (χ0) is 22.8. The molecular formula is C31H23N2S+. The van der Waals surface area contributed by atoms with E-state index in [2.05, 4.69) is 126 Å². The van der Waals surface area contributed by atoms with Crippen LogP contribution >= 0.6 is 11.3 Å². The zero-order valence-electron chi connectivity index (χ0n) is 19.1. The summed E-state index contributed by atoms with van der Waals surface area (Å²) in [4.78, 5) is 0. The third-order valence-corrected chi connectivity index (χ3v) is 7.89. The number of rotatable bonds is 2. The molecule has 0 aliphatic rings. The van der Waals surface area contributed by atoms with Crippen molar-refractivity contribution in [2.45, 2.75) is 6.92 Å². The maximum atomic E-state index is 2.39. The third-order valence-electron chi connectivity index (χ3n) is 7.01. The fourth-order valence-electron chi connectivity index (χ4n) is 5.40. The van der Waals surface area contributed by atoms with E-state index in [1.54, 1.807) is 11.3 Å². The summed E-state index contributed by atoms with van der Waals surface area (Å²) in [6.45, 7) is 2.22. The molecule has 0 amide bonds. The molecule has 3 heteroatoms. The maximum Gasteiger partial charge on any atom is 0.220 e. The lowest BCUT2D eigenvalue weighted by Gasteiger charge is -2.12. The Morgan fingerprint density at radius 2 is 1.44 bits per heavy atom. The van der Waals surface area contributed by atoms with Crippen molar-refractivity contribution in [1.29, 1.82) is 0 Å². The minimum Gasteiger partial charge on any atom is -0.309 e. The smallest absolute Gasteiger partial charge is 0.220 e. The Hall–Kier alpha value is -3.95. The second-order valence-electron chi connectivity index (χ2n) is 9.04. The Morgan fingerprint density at radius 1 is 0.706 bits per heavy atom. The summed E-state index contributed by atoms with van der Waals surface area (Å²) in [7, 11) is 2.15. The van der Waals surface area contributed by atoms with E-state index in [4.69, 9.17) is 0 Å². The molecule has 0 radical (unpaired) electrons. The van der Waals surface area contributed by atoms with Crippen molar-refractivity contribution in [2.75, 3.05) is 0 Å². The molecule has 2 nitrogen and oxygen atoms in total. The number of thiophene rings is 1. The van der Waals surface area contributed by atoms with Gasteiger partial charge in [0.2, 0.25) is 5.69 Å². The molecule has 3 heterocycles. The molecule has 0 unspecified atom stereocenters. The average molecular weight is 456 g/mol. The predicted molar refractivity (Wildman–Crippen MR) is 145 cm³/mol. The van der Waals surface area contributed by atoms with Crippen LogP contribution in [0.15, 0.2) is 103 Å². The highest BCUT2D eigenvalue weighted by molar-refractivity contribution is 7.17. The van der Waals surface area contributed by atoms with Gasteiger partial charge in [-0.3, -0.25) is 0 Å². The van der Waals surface area contributed by atoms with Crippen molar-refractivity contribution in [1.82, 2.24) is 4.57 Å². The molecule has 7 rings (SSSR count). The molecular weight excluding hydrogens is 432 g/mol. The lowest BCUT2D eigenvalue weighted by atomic mass is 9.98. The normalized spacial score (nSPS) is 11.8. The van der Waals surface area contributed by atoms with Crippen molar-refractivity contribution >= 4 is 54.0 Å². The van der Waals surface area contributed by atoms with E-state index >= 15 is 0 Å². The molecule has 0 N–H and O–H groups in total. The van der Waals surface area contributed by atoms with Crippen LogP contribution in [0, 0.1) is 6.92 Å². The van der Waals surface area contributed by atoms with Gasteiger partial charge in [-0.2, -0.15) is 0 Å². The van der Waals surface area contributed by atoms with Gasteiger partial charge in [-0.15, -0.1) is 11.3 Å². The number of hydrogen-bond donors (Lipinski definition) is 0. The summed E-state index contributed by atoms with van der Waals surface area (Å²) < 4.78 is 5.99. The third kappa shape index (κ3) is 2.77. The first kappa shape index (κ1) is 19.5. The van der Waals surface area contributed by atoms with E-state index in [1.807, 2.05) is 0 Å². The Labute approximate surface area is 201 Å². The summed E-state index contributed by atoms with van der Waals surface area (Å²) >= 11 is 1.81. The van der Waals surface area contributed by atoms with E-state index in [0.717, 1.165) is 0 Å². The molecule has 0 atom stereocenters. The van der Waals surface area contributed by atoms with Gasteiger partial charge in [-0.25, -0.2) is 4.57 Å². The standard InChI is InChI=1S/C31H23N2S/c1-20-17-30-22(14-16-34-30)19-27(20)31-24-12-11-23(18-21(24)13-15-32(31)2)33-28-9-5-3-7-25(28)26-8-4-6-10-29(26)33/h3-19H,1-2H3/q+1. The molecule has 3 aromatic heterocycles. The van der Waals surface area contributed by atoms with Gasteiger partial charge in [0.25, 0.3) is 0 Å². The number of benzene rings is 4. The fourth-order valence-corrected chi connectivity index (χ4v) is 6.27. The number of aryl methyl sites for hydroxylation is 2. The lowest BCUT2D eigenvalue weighted by molar-refractivity contribution is -0.659. The molecule has 0 saturated carbocycles. The Kier molecular flexibility index (Phi) is 4.18. The number of hydrogen-bond acceptors (Lipinski definition) is 1. The molecule has 34 heavy (non-hydrogen) atoms. The first-order valence-electron chi connectivity index (χ1n) is 11.6. The summed E-state index contributed by atoms with van der Waals surface area (Å²) in [6, 6.07) is 33.4. The average Bonchev–Trinajstić information content (AvgIpc) is 3.45. The fraction of sp³-hybridized carbons (Fsp3) is 0.0645. The van der Waals surface area contributed by atoms with Gasteiger partial charge in [-0.1, -0.05) is 36.4 Å². The topological polar surface area (TPSA) is 8.81 Å². The number of fused-ring (bicyclic) bond motifs is 5. The van der Waals surface area contributed by atoms with Crippen LogP contribution in [0.25, 0.3) is 59.6 Å². The van der Waals surface area contributed by atoms with Crippen LogP contribution in [0.1, 0.15) is 5.56 Å². The molecule has 0 aliphatic heterocycles. The highest BCUT2D eigenvalue weighted by Gasteiger charge is 2.19. The van der Waals surface area contributed by atoms with Crippen LogP contribution in [0.4, 0.5) is 0 Å². The first-order valence-corrected chi connectivity index (χ1v) is 12.5.